The number of carbonyl (C=O) groups is 1. The van der Waals surface area contributed by atoms with Crippen molar-refractivity contribution in [2.75, 3.05) is 37.7 Å². The van der Waals surface area contributed by atoms with E-state index < -0.39 is 0 Å². The van der Waals surface area contributed by atoms with E-state index in [4.69, 9.17) is 4.74 Å². The molecule has 0 unspecified atom stereocenters. The van der Waals surface area contributed by atoms with Crippen LogP contribution in [0.25, 0.3) is 0 Å². The predicted molar refractivity (Wildman–Crippen MR) is 99.8 cm³/mol. The molecule has 4 rings (SSSR count). The van der Waals surface area contributed by atoms with Crippen LogP contribution in [0.4, 0.5) is 5.82 Å². The van der Waals surface area contributed by atoms with Gasteiger partial charge in [-0.25, -0.2) is 0 Å². The Bertz CT molecular complexity index is 791. The van der Waals surface area contributed by atoms with Gasteiger partial charge < -0.3 is 14.5 Å². The van der Waals surface area contributed by atoms with Crippen molar-refractivity contribution in [3.63, 3.8) is 0 Å². The molecule has 2 aromatic rings. The number of ether oxygens (including phenoxy) is 1. The highest BCUT2D eigenvalue weighted by Gasteiger charge is 2.22. The number of hydrogen-bond acceptors (Lipinski definition) is 5. The lowest BCUT2D eigenvalue weighted by molar-refractivity contribution is 0.0767. The van der Waals surface area contributed by atoms with E-state index in [-0.39, 0.29) is 5.91 Å². The van der Waals surface area contributed by atoms with Gasteiger partial charge in [-0.3, -0.25) is 4.79 Å². The number of hydrogen-bond donors (Lipinski definition) is 0. The molecule has 0 bridgehead atoms. The first kappa shape index (κ1) is 16.8. The van der Waals surface area contributed by atoms with Crippen molar-refractivity contribution in [2.24, 2.45) is 0 Å². The highest BCUT2D eigenvalue weighted by atomic mass is 16.5. The van der Waals surface area contributed by atoms with Crippen LogP contribution >= 0.6 is 0 Å². The smallest absolute Gasteiger partial charge is 0.253 e. The Morgan fingerprint density at radius 1 is 1.04 bits per heavy atom. The summed E-state index contributed by atoms with van der Waals surface area (Å²) in [5, 5.41) is 8.42. The van der Waals surface area contributed by atoms with Crippen LogP contribution in [-0.2, 0) is 6.42 Å². The third kappa shape index (κ3) is 3.49. The Hall–Kier alpha value is -2.63. The maximum atomic E-state index is 13.0. The molecule has 1 saturated heterocycles. The second-order valence-corrected chi connectivity index (χ2v) is 6.94. The molecule has 1 aromatic carbocycles. The molecule has 6 nitrogen and oxygen atoms in total. The Morgan fingerprint density at radius 2 is 1.96 bits per heavy atom. The summed E-state index contributed by atoms with van der Waals surface area (Å²) < 4.78 is 5.65. The molecule has 1 amide bonds. The maximum absolute atomic E-state index is 13.0. The summed E-state index contributed by atoms with van der Waals surface area (Å²) in [6, 6.07) is 9.81. The predicted octanol–water partition coefficient (Wildman–Crippen LogP) is 2.46. The van der Waals surface area contributed by atoms with Crippen molar-refractivity contribution in [2.45, 2.75) is 26.2 Å². The third-order valence-corrected chi connectivity index (χ3v) is 5.05. The summed E-state index contributed by atoms with van der Waals surface area (Å²) in [7, 11) is 0. The summed E-state index contributed by atoms with van der Waals surface area (Å²) in [5.41, 5.74) is 2.82. The molecule has 1 fully saturated rings. The summed E-state index contributed by atoms with van der Waals surface area (Å²) >= 11 is 0. The number of amides is 1. The van der Waals surface area contributed by atoms with E-state index in [1.54, 1.807) is 0 Å². The molecule has 0 N–H and O–H groups in total. The lowest BCUT2D eigenvalue weighted by atomic mass is 10.0. The van der Waals surface area contributed by atoms with Crippen molar-refractivity contribution in [1.29, 1.82) is 0 Å². The molecule has 0 radical (unpaired) electrons. The fraction of sp³-hybridized carbons (Fsp3) is 0.450. The van der Waals surface area contributed by atoms with Gasteiger partial charge in [0.15, 0.2) is 5.82 Å². The van der Waals surface area contributed by atoms with Gasteiger partial charge in [0.25, 0.3) is 5.91 Å². The first-order valence-electron chi connectivity index (χ1n) is 9.31. The molecular weight excluding hydrogens is 328 g/mol. The number of rotatable bonds is 2. The molecule has 0 spiro atoms. The van der Waals surface area contributed by atoms with Gasteiger partial charge in [-0.15, -0.1) is 5.10 Å². The van der Waals surface area contributed by atoms with Crippen molar-refractivity contribution < 1.29 is 9.53 Å². The second-order valence-electron chi connectivity index (χ2n) is 6.94. The highest BCUT2D eigenvalue weighted by Crippen LogP contribution is 2.26. The maximum Gasteiger partial charge on any atom is 0.253 e. The zero-order valence-electron chi connectivity index (χ0n) is 15.1. The standard InChI is InChI=1S/C20H24N4O2/c1-15-5-8-19(22-21-15)23-9-3-10-24(12-11-23)20(25)17-6-7-18-16(14-17)4-2-13-26-18/h5-8,14H,2-4,9-13H2,1H3. The summed E-state index contributed by atoms with van der Waals surface area (Å²) in [5.74, 6) is 1.92. The van der Waals surface area contributed by atoms with E-state index in [1.165, 1.54) is 0 Å². The number of anilines is 1. The van der Waals surface area contributed by atoms with Gasteiger partial charge >= 0.3 is 0 Å². The van der Waals surface area contributed by atoms with Gasteiger partial charge in [-0.1, -0.05) is 0 Å². The normalized spacial score (nSPS) is 17.3. The molecule has 6 heteroatoms. The van der Waals surface area contributed by atoms with Gasteiger partial charge in [0.05, 0.1) is 12.3 Å². The fourth-order valence-corrected chi connectivity index (χ4v) is 3.59. The number of benzene rings is 1. The quantitative estimate of drug-likeness (QED) is 0.831. The number of aryl methyl sites for hydroxylation is 2. The van der Waals surface area contributed by atoms with E-state index in [1.807, 2.05) is 42.2 Å². The van der Waals surface area contributed by atoms with Crippen LogP contribution in [0.5, 0.6) is 5.75 Å². The molecule has 3 heterocycles. The summed E-state index contributed by atoms with van der Waals surface area (Å²) in [6.07, 6.45) is 2.92. The van der Waals surface area contributed by atoms with Crippen LogP contribution in [0.3, 0.4) is 0 Å². The lowest BCUT2D eigenvalue weighted by Crippen LogP contribution is -2.35. The molecule has 0 atom stereocenters. The van der Waals surface area contributed by atoms with Crippen molar-refractivity contribution in [3.8, 4) is 5.75 Å². The molecule has 1 aromatic heterocycles. The largest absolute Gasteiger partial charge is 0.493 e. The van der Waals surface area contributed by atoms with E-state index in [2.05, 4.69) is 15.1 Å². The van der Waals surface area contributed by atoms with Crippen molar-refractivity contribution >= 4 is 11.7 Å². The molecule has 2 aliphatic rings. The van der Waals surface area contributed by atoms with Gasteiger partial charge in [0, 0.05) is 31.7 Å². The average Bonchev–Trinajstić information content (AvgIpc) is 2.94. The molecule has 0 saturated carbocycles. The van der Waals surface area contributed by atoms with Crippen LogP contribution in [0.15, 0.2) is 30.3 Å². The Labute approximate surface area is 153 Å². The Morgan fingerprint density at radius 3 is 2.81 bits per heavy atom. The first-order chi connectivity index (χ1) is 12.7. The number of aromatic nitrogens is 2. The Kier molecular flexibility index (Phi) is 4.73. The number of fused-ring (bicyclic) bond motifs is 1. The fourth-order valence-electron chi connectivity index (χ4n) is 3.59. The zero-order chi connectivity index (χ0) is 17.9. The first-order valence-corrected chi connectivity index (χ1v) is 9.31. The minimum atomic E-state index is 0.107. The summed E-state index contributed by atoms with van der Waals surface area (Å²) in [4.78, 5) is 17.1. The molecule has 136 valence electrons. The van der Waals surface area contributed by atoms with E-state index >= 15 is 0 Å². The van der Waals surface area contributed by atoms with Crippen LogP contribution in [-0.4, -0.2) is 53.8 Å². The monoisotopic (exact) mass is 352 g/mol. The molecule has 2 aliphatic heterocycles. The van der Waals surface area contributed by atoms with E-state index in [9.17, 15) is 4.79 Å². The minimum absolute atomic E-state index is 0.107. The van der Waals surface area contributed by atoms with E-state index in [0.717, 1.165) is 73.9 Å². The van der Waals surface area contributed by atoms with Gasteiger partial charge in [-0.05, 0) is 62.1 Å². The van der Waals surface area contributed by atoms with Crippen molar-refractivity contribution in [1.82, 2.24) is 15.1 Å². The van der Waals surface area contributed by atoms with Gasteiger partial charge in [-0.2, -0.15) is 5.10 Å². The van der Waals surface area contributed by atoms with Crippen LogP contribution in [0, 0.1) is 6.92 Å². The van der Waals surface area contributed by atoms with Crippen LogP contribution < -0.4 is 9.64 Å². The second kappa shape index (κ2) is 7.32. The molecular formula is C20H24N4O2. The highest BCUT2D eigenvalue weighted by molar-refractivity contribution is 5.94. The SMILES string of the molecule is Cc1ccc(N2CCCN(C(=O)c3ccc4c(c3)CCCO4)CC2)nn1. The number of nitrogens with zero attached hydrogens (tertiary/aromatic N) is 4. The summed E-state index contributed by atoms with van der Waals surface area (Å²) in [6.45, 7) is 5.83. The Balaban J connectivity index is 1.45. The van der Waals surface area contributed by atoms with Crippen molar-refractivity contribution in [3.05, 3.63) is 47.2 Å². The molecule has 26 heavy (non-hydrogen) atoms. The lowest BCUT2D eigenvalue weighted by Gasteiger charge is -2.23. The van der Waals surface area contributed by atoms with E-state index in [0.29, 0.717) is 6.54 Å². The van der Waals surface area contributed by atoms with Crippen LogP contribution in [0.1, 0.15) is 34.5 Å². The molecule has 0 aliphatic carbocycles. The third-order valence-electron chi connectivity index (χ3n) is 5.05. The topological polar surface area (TPSA) is 58.6 Å². The number of carbonyl (C=O) groups excluding carboxylic acids is 1. The zero-order valence-corrected chi connectivity index (χ0v) is 15.1. The minimum Gasteiger partial charge on any atom is -0.493 e. The average molecular weight is 352 g/mol. The van der Waals surface area contributed by atoms with Gasteiger partial charge in [0.2, 0.25) is 0 Å². The van der Waals surface area contributed by atoms with Gasteiger partial charge in [0.1, 0.15) is 5.75 Å². The van der Waals surface area contributed by atoms with Crippen LogP contribution in [0.2, 0.25) is 0 Å².